The summed E-state index contributed by atoms with van der Waals surface area (Å²) in [7, 11) is -3.35. The fraction of sp³-hybridized carbons (Fsp3) is 0.611. The molecule has 0 radical (unpaired) electrons. The summed E-state index contributed by atoms with van der Waals surface area (Å²) in [5.41, 5.74) is 0.984. The van der Waals surface area contributed by atoms with E-state index in [1.54, 1.807) is 6.07 Å². The Labute approximate surface area is 156 Å². The molecular weight excluding hydrogens is 360 g/mol. The molecule has 1 heterocycles. The van der Waals surface area contributed by atoms with Crippen LogP contribution in [0.3, 0.4) is 0 Å². The number of halogens is 1. The van der Waals surface area contributed by atoms with E-state index in [1.807, 2.05) is 23.1 Å². The van der Waals surface area contributed by atoms with Crippen LogP contribution < -0.4 is 0 Å². The first-order chi connectivity index (χ1) is 11.8. The molecule has 1 aromatic rings. The van der Waals surface area contributed by atoms with Gasteiger partial charge in [-0.25, -0.2) is 12.7 Å². The molecule has 0 atom stereocenters. The van der Waals surface area contributed by atoms with Crippen LogP contribution in [0.2, 0.25) is 5.02 Å². The van der Waals surface area contributed by atoms with Gasteiger partial charge < -0.3 is 4.90 Å². The molecule has 1 aliphatic heterocycles. The quantitative estimate of drug-likeness (QED) is 0.724. The number of amides is 1. The van der Waals surface area contributed by atoms with Gasteiger partial charge in [-0.3, -0.25) is 4.79 Å². The van der Waals surface area contributed by atoms with Crippen molar-refractivity contribution in [2.24, 2.45) is 5.92 Å². The predicted octanol–water partition coefficient (Wildman–Crippen LogP) is 2.79. The highest BCUT2D eigenvalue weighted by atomic mass is 35.5. The molecule has 0 saturated carbocycles. The van der Waals surface area contributed by atoms with Crippen LogP contribution in [-0.2, 0) is 21.2 Å². The van der Waals surface area contributed by atoms with E-state index in [1.165, 1.54) is 10.6 Å². The van der Waals surface area contributed by atoms with Gasteiger partial charge in [0.1, 0.15) is 0 Å². The van der Waals surface area contributed by atoms with Crippen LogP contribution in [0.25, 0.3) is 0 Å². The smallest absolute Gasteiger partial charge is 0.223 e. The van der Waals surface area contributed by atoms with Crippen molar-refractivity contribution < 1.29 is 13.2 Å². The second-order valence-corrected chi connectivity index (χ2v) is 9.27. The van der Waals surface area contributed by atoms with Gasteiger partial charge in [-0.2, -0.15) is 0 Å². The van der Waals surface area contributed by atoms with Gasteiger partial charge in [-0.05, 0) is 42.9 Å². The summed E-state index contributed by atoms with van der Waals surface area (Å²) in [6.07, 6.45) is 4.05. The number of carbonyl (C=O) groups excluding carboxylic acids is 1. The van der Waals surface area contributed by atoms with E-state index in [-0.39, 0.29) is 18.9 Å². The summed E-state index contributed by atoms with van der Waals surface area (Å²) in [4.78, 5) is 14.2. The van der Waals surface area contributed by atoms with E-state index in [2.05, 4.69) is 6.92 Å². The molecule has 1 fully saturated rings. The Morgan fingerprint density at radius 2 is 1.96 bits per heavy atom. The number of sulfonamides is 1. The van der Waals surface area contributed by atoms with Crippen molar-refractivity contribution >= 4 is 27.5 Å². The first kappa shape index (κ1) is 20.2. The summed E-state index contributed by atoms with van der Waals surface area (Å²) in [6.45, 7) is 4.33. The highest BCUT2D eigenvalue weighted by molar-refractivity contribution is 7.88. The molecule has 0 aliphatic carbocycles. The van der Waals surface area contributed by atoms with Crippen LogP contribution in [0.5, 0.6) is 0 Å². The van der Waals surface area contributed by atoms with Gasteiger partial charge in [0, 0.05) is 37.6 Å². The number of rotatable bonds is 7. The summed E-state index contributed by atoms with van der Waals surface area (Å²) >= 11 is 5.97. The lowest BCUT2D eigenvalue weighted by Gasteiger charge is -2.31. The Morgan fingerprint density at radius 3 is 2.56 bits per heavy atom. The average molecular weight is 387 g/mol. The number of nitrogens with zero attached hydrogens (tertiary/aromatic N) is 2. The van der Waals surface area contributed by atoms with Crippen LogP contribution in [0.4, 0.5) is 0 Å². The van der Waals surface area contributed by atoms with Crippen LogP contribution in [0.1, 0.15) is 31.7 Å². The highest BCUT2D eigenvalue weighted by Gasteiger charge is 2.23. The second kappa shape index (κ2) is 9.01. The molecule has 7 heteroatoms. The minimum absolute atomic E-state index is 0.0447. The van der Waals surface area contributed by atoms with E-state index in [4.69, 9.17) is 11.6 Å². The van der Waals surface area contributed by atoms with Gasteiger partial charge in [0.2, 0.25) is 15.9 Å². The van der Waals surface area contributed by atoms with Crippen LogP contribution in [-0.4, -0.2) is 56.0 Å². The largest absolute Gasteiger partial charge is 0.343 e. The standard InChI is InChI=1S/C18H27ClN2O3S/c1-15-6-10-20(11-7-15)18(22)9-13-21(25(2,23)24)12-8-16-4-3-5-17(19)14-16/h3-5,14-15H,6-13H2,1-2H3. The lowest BCUT2D eigenvalue weighted by Crippen LogP contribution is -2.40. The SMILES string of the molecule is CC1CCN(C(=O)CCN(CCc2cccc(Cl)c2)S(C)(=O)=O)CC1. The predicted molar refractivity (Wildman–Crippen MR) is 101 cm³/mol. The Kier molecular flexibility index (Phi) is 7.28. The molecule has 0 unspecified atom stereocenters. The number of likely N-dealkylation sites (tertiary alicyclic amines) is 1. The maximum atomic E-state index is 12.3. The van der Waals surface area contributed by atoms with Crippen LogP contribution in [0, 0.1) is 5.92 Å². The molecule has 5 nitrogen and oxygen atoms in total. The lowest BCUT2D eigenvalue weighted by atomic mass is 9.99. The monoisotopic (exact) mass is 386 g/mol. The molecule has 0 spiro atoms. The molecule has 1 amide bonds. The van der Waals surface area contributed by atoms with Crippen molar-refractivity contribution in [2.75, 3.05) is 32.4 Å². The maximum Gasteiger partial charge on any atom is 0.223 e. The van der Waals surface area contributed by atoms with Crippen LogP contribution in [0.15, 0.2) is 24.3 Å². The van der Waals surface area contributed by atoms with E-state index in [0.717, 1.165) is 31.5 Å². The van der Waals surface area contributed by atoms with Crippen molar-refractivity contribution in [3.8, 4) is 0 Å². The molecule has 2 rings (SSSR count). The number of hydrogen-bond acceptors (Lipinski definition) is 3. The number of benzene rings is 1. The Balaban J connectivity index is 1.88. The zero-order valence-corrected chi connectivity index (χ0v) is 16.5. The zero-order valence-electron chi connectivity index (χ0n) is 14.9. The zero-order chi connectivity index (χ0) is 18.4. The normalized spacial score (nSPS) is 16.4. The topological polar surface area (TPSA) is 57.7 Å². The molecule has 1 saturated heterocycles. The van der Waals surface area contributed by atoms with E-state index < -0.39 is 10.0 Å². The van der Waals surface area contributed by atoms with Gasteiger partial charge in [0.25, 0.3) is 0 Å². The Bertz CT molecular complexity index is 685. The van der Waals surface area contributed by atoms with Gasteiger partial charge in [0.05, 0.1) is 6.26 Å². The molecule has 0 aromatic heterocycles. The maximum absolute atomic E-state index is 12.3. The molecular formula is C18H27ClN2O3S. The first-order valence-corrected chi connectivity index (χ1v) is 11.0. The Hall–Kier alpha value is -1.11. The minimum Gasteiger partial charge on any atom is -0.343 e. The number of carbonyl (C=O) groups is 1. The first-order valence-electron chi connectivity index (χ1n) is 8.73. The van der Waals surface area contributed by atoms with Gasteiger partial charge >= 0.3 is 0 Å². The van der Waals surface area contributed by atoms with E-state index in [9.17, 15) is 13.2 Å². The Morgan fingerprint density at radius 1 is 1.28 bits per heavy atom. The average Bonchev–Trinajstić information content (AvgIpc) is 2.54. The molecule has 25 heavy (non-hydrogen) atoms. The summed E-state index contributed by atoms with van der Waals surface area (Å²) in [5.74, 6) is 0.706. The third-order valence-electron chi connectivity index (χ3n) is 4.72. The lowest BCUT2D eigenvalue weighted by molar-refractivity contribution is -0.132. The third kappa shape index (κ3) is 6.60. The summed E-state index contributed by atoms with van der Waals surface area (Å²) in [6, 6.07) is 7.40. The fourth-order valence-corrected chi connectivity index (χ4v) is 4.08. The number of hydrogen-bond donors (Lipinski definition) is 0. The van der Waals surface area contributed by atoms with Crippen molar-refractivity contribution in [3.63, 3.8) is 0 Å². The second-order valence-electron chi connectivity index (χ2n) is 6.86. The summed E-state index contributed by atoms with van der Waals surface area (Å²) < 4.78 is 25.4. The van der Waals surface area contributed by atoms with Crippen molar-refractivity contribution in [3.05, 3.63) is 34.9 Å². The number of piperidine rings is 1. The van der Waals surface area contributed by atoms with Gasteiger partial charge in [-0.1, -0.05) is 30.7 Å². The van der Waals surface area contributed by atoms with E-state index in [0.29, 0.717) is 23.9 Å². The summed E-state index contributed by atoms with van der Waals surface area (Å²) in [5, 5.41) is 0.637. The van der Waals surface area contributed by atoms with Crippen molar-refractivity contribution in [1.82, 2.24) is 9.21 Å². The molecule has 0 N–H and O–H groups in total. The highest BCUT2D eigenvalue weighted by Crippen LogP contribution is 2.17. The van der Waals surface area contributed by atoms with Gasteiger partial charge in [-0.15, -0.1) is 0 Å². The molecule has 1 aromatic carbocycles. The van der Waals surface area contributed by atoms with Crippen molar-refractivity contribution in [1.29, 1.82) is 0 Å². The van der Waals surface area contributed by atoms with Crippen LogP contribution >= 0.6 is 11.6 Å². The van der Waals surface area contributed by atoms with Crippen molar-refractivity contribution in [2.45, 2.75) is 32.6 Å². The molecule has 1 aliphatic rings. The third-order valence-corrected chi connectivity index (χ3v) is 6.26. The molecule has 140 valence electrons. The fourth-order valence-electron chi connectivity index (χ4n) is 3.03. The van der Waals surface area contributed by atoms with Gasteiger partial charge in [0.15, 0.2) is 0 Å². The minimum atomic E-state index is -3.35. The van der Waals surface area contributed by atoms with E-state index >= 15 is 0 Å². The molecule has 0 bridgehead atoms.